The number of hydrogen-bond acceptors (Lipinski definition) is 5. The fraction of sp³-hybridized carbons (Fsp3) is 0.571. The van der Waals surface area contributed by atoms with Crippen molar-refractivity contribution in [1.29, 1.82) is 0 Å². The molecule has 1 aromatic carbocycles. The first-order valence-corrected chi connectivity index (χ1v) is 10.2. The minimum atomic E-state index is 0.470. The molecule has 1 aromatic heterocycles. The van der Waals surface area contributed by atoms with Crippen LogP contribution in [0.25, 0.3) is 0 Å². The van der Waals surface area contributed by atoms with Crippen molar-refractivity contribution in [3.05, 3.63) is 41.5 Å². The highest BCUT2D eigenvalue weighted by atomic mass is 16.5. The van der Waals surface area contributed by atoms with Gasteiger partial charge < -0.3 is 24.7 Å². The van der Waals surface area contributed by atoms with Crippen LogP contribution in [-0.2, 0) is 24.8 Å². The summed E-state index contributed by atoms with van der Waals surface area (Å²) >= 11 is 0. The summed E-state index contributed by atoms with van der Waals surface area (Å²) < 4.78 is 12.8. The fourth-order valence-electron chi connectivity index (χ4n) is 2.67. The molecule has 0 saturated carbocycles. The molecular formula is C21H34N6O2. The van der Waals surface area contributed by atoms with Gasteiger partial charge in [-0.05, 0) is 43.9 Å². The molecule has 0 amide bonds. The topological polar surface area (TPSA) is 85.6 Å². The van der Waals surface area contributed by atoms with Crippen LogP contribution in [0.5, 0.6) is 5.75 Å². The number of rotatable bonds is 12. The van der Waals surface area contributed by atoms with Gasteiger partial charge in [0.25, 0.3) is 0 Å². The van der Waals surface area contributed by atoms with Crippen molar-refractivity contribution in [2.45, 2.75) is 39.7 Å². The van der Waals surface area contributed by atoms with Gasteiger partial charge in [0, 0.05) is 33.9 Å². The molecule has 8 nitrogen and oxygen atoms in total. The molecule has 0 saturated heterocycles. The van der Waals surface area contributed by atoms with E-state index in [1.165, 1.54) is 5.56 Å². The predicted octanol–water partition coefficient (Wildman–Crippen LogP) is 2.23. The number of hydrogen-bond donors (Lipinski definition) is 2. The van der Waals surface area contributed by atoms with Gasteiger partial charge in [0.1, 0.15) is 18.1 Å². The molecule has 2 aromatic rings. The molecule has 29 heavy (non-hydrogen) atoms. The second-order valence-electron chi connectivity index (χ2n) is 6.83. The summed E-state index contributed by atoms with van der Waals surface area (Å²) in [6, 6.07) is 8.25. The fourth-order valence-corrected chi connectivity index (χ4v) is 2.67. The van der Waals surface area contributed by atoms with Crippen LogP contribution < -0.4 is 15.4 Å². The lowest BCUT2D eigenvalue weighted by molar-refractivity contribution is 0.195. The Kier molecular flexibility index (Phi) is 9.99. The highest BCUT2D eigenvalue weighted by Crippen LogP contribution is 2.13. The molecule has 0 bridgehead atoms. The summed E-state index contributed by atoms with van der Waals surface area (Å²) in [4.78, 5) is 4.66. The number of nitrogens with one attached hydrogen (secondary N) is 2. The molecule has 0 atom stereocenters. The van der Waals surface area contributed by atoms with Crippen LogP contribution in [0.3, 0.4) is 0 Å². The number of aromatic nitrogens is 3. The Morgan fingerprint density at radius 1 is 1.17 bits per heavy atom. The molecule has 0 radical (unpaired) electrons. The van der Waals surface area contributed by atoms with E-state index in [0.29, 0.717) is 13.2 Å². The van der Waals surface area contributed by atoms with Crippen LogP contribution in [0.1, 0.15) is 37.0 Å². The Morgan fingerprint density at radius 3 is 2.72 bits per heavy atom. The van der Waals surface area contributed by atoms with Gasteiger partial charge in [0.15, 0.2) is 11.8 Å². The van der Waals surface area contributed by atoms with E-state index in [1.807, 2.05) is 30.7 Å². The van der Waals surface area contributed by atoms with Gasteiger partial charge in [-0.1, -0.05) is 19.1 Å². The van der Waals surface area contributed by atoms with E-state index in [9.17, 15) is 0 Å². The maximum atomic E-state index is 5.72. The van der Waals surface area contributed by atoms with Crippen molar-refractivity contribution < 1.29 is 9.47 Å². The van der Waals surface area contributed by atoms with E-state index in [0.717, 1.165) is 62.3 Å². The van der Waals surface area contributed by atoms with E-state index in [-0.39, 0.29) is 0 Å². The van der Waals surface area contributed by atoms with E-state index in [2.05, 4.69) is 44.9 Å². The van der Waals surface area contributed by atoms with Crippen LogP contribution in [0.2, 0.25) is 0 Å². The lowest BCUT2D eigenvalue weighted by Crippen LogP contribution is -2.39. The van der Waals surface area contributed by atoms with Gasteiger partial charge in [-0.2, -0.15) is 0 Å². The molecule has 160 valence electrons. The summed E-state index contributed by atoms with van der Waals surface area (Å²) in [5, 5.41) is 15.0. The maximum Gasteiger partial charge on any atom is 0.191 e. The van der Waals surface area contributed by atoms with Gasteiger partial charge in [0.05, 0.1) is 6.61 Å². The van der Waals surface area contributed by atoms with Gasteiger partial charge in [-0.15, -0.1) is 10.2 Å². The van der Waals surface area contributed by atoms with Crippen molar-refractivity contribution in [2.24, 2.45) is 12.0 Å². The third-order valence-electron chi connectivity index (χ3n) is 4.46. The van der Waals surface area contributed by atoms with Crippen LogP contribution in [0.4, 0.5) is 0 Å². The molecule has 0 unspecified atom stereocenters. The van der Waals surface area contributed by atoms with Crippen LogP contribution in [0, 0.1) is 6.92 Å². The number of aryl methyl sites for hydroxylation is 1. The lowest BCUT2D eigenvalue weighted by Gasteiger charge is -2.13. The average Bonchev–Trinajstić information content (AvgIpc) is 3.05. The minimum absolute atomic E-state index is 0.470. The summed E-state index contributed by atoms with van der Waals surface area (Å²) in [6.45, 7) is 7.52. The predicted molar refractivity (Wildman–Crippen MR) is 115 cm³/mol. The zero-order chi connectivity index (χ0) is 20.9. The molecule has 0 fully saturated rings. The SMILES string of the molecule is CCCOc1cccc(CCNC(=NCc2nnc(C)n2C)NCCCOC)c1. The number of guanidine groups is 1. The monoisotopic (exact) mass is 402 g/mol. The van der Waals surface area contributed by atoms with Gasteiger partial charge in [-0.25, -0.2) is 4.99 Å². The summed E-state index contributed by atoms with van der Waals surface area (Å²) in [5.74, 6) is 3.40. The number of aliphatic imine (C=N–C) groups is 1. The standard InChI is InChI=1S/C21H34N6O2/c1-5-13-29-19-9-6-8-18(15-19)10-12-23-21(22-11-7-14-28-4)24-16-20-26-25-17(2)27(20)3/h6,8-9,15H,5,7,10-14,16H2,1-4H3,(H2,22,23,24). The third-order valence-corrected chi connectivity index (χ3v) is 4.46. The Bertz CT molecular complexity index is 759. The maximum absolute atomic E-state index is 5.72. The van der Waals surface area contributed by atoms with Gasteiger partial charge in [0.2, 0.25) is 0 Å². The third kappa shape index (κ3) is 8.11. The zero-order valence-electron chi connectivity index (χ0n) is 18.1. The summed E-state index contributed by atoms with van der Waals surface area (Å²) in [5.41, 5.74) is 1.23. The van der Waals surface area contributed by atoms with Crippen molar-refractivity contribution in [1.82, 2.24) is 25.4 Å². The second-order valence-corrected chi connectivity index (χ2v) is 6.83. The molecule has 0 aliphatic heterocycles. The highest BCUT2D eigenvalue weighted by molar-refractivity contribution is 5.79. The Labute approximate surface area is 173 Å². The van der Waals surface area contributed by atoms with E-state index in [4.69, 9.17) is 9.47 Å². The molecule has 2 rings (SSSR count). The average molecular weight is 403 g/mol. The van der Waals surface area contributed by atoms with Crippen LogP contribution in [0.15, 0.2) is 29.3 Å². The summed E-state index contributed by atoms with van der Waals surface area (Å²) in [7, 11) is 3.66. The van der Waals surface area contributed by atoms with E-state index < -0.39 is 0 Å². The largest absolute Gasteiger partial charge is 0.494 e. The Morgan fingerprint density at radius 2 is 2.00 bits per heavy atom. The number of ether oxygens (including phenoxy) is 2. The lowest BCUT2D eigenvalue weighted by atomic mass is 10.1. The molecular weight excluding hydrogens is 368 g/mol. The quantitative estimate of drug-likeness (QED) is 0.322. The highest BCUT2D eigenvalue weighted by Gasteiger charge is 2.05. The molecule has 1 heterocycles. The van der Waals surface area contributed by atoms with Gasteiger partial charge in [-0.3, -0.25) is 0 Å². The molecule has 2 N–H and O–H groups in total. The molecule has 8 heteroatoms. The van der Waals surface area contributed by atoms with Crippen molar-refractivity contribution in [3.63, 3.8) is 0 Å². The first-order chi connectivity index (χ1) is 14.1. The Balaban J connectivity index is 1.90. The first kappa shape index (κ1) is 22.7. The molecule has 0 aliphatic carbocycles. The smallest absolute Gasteiger partial charge is 0.191 e. The van der Waals surface area contributed by atoms with Crippen molar-refractivity contribution in [3.8, 4) is 5.75 Å². The van der Waals surface area contributed by atoms with Crippen LogP contribution >= 0.6 is 0 Å². The van der Waals surface area contributed by atoms with Crippen molar-refractivity contribution >= 4 is 5.96 Å². The second kappa shape index (κ2) is 12.8. The molecule has 0 aliphatic rings. The minimum Gasteiger partial charge on any atom is -0.494 e. The first-order valence-electron chi connectivity index (χ1n) is 10.2. The Hall–Kier alpha value is -2.61. The van der Waals surface area contributed by atoms with E-state index >= 15 is 0 Å². The normalized spacial score (nSPS) is 11.5. The molecule has 0 spiro atoms. The van der Waals surface area contributed by atoms with Crippen LogP contribution in [-0.4, -0.2) is 54.1 Å². The van der Waals surface area contributed by atoms with E-state index in [1.54, 1.807) is 7.11 Å². The number of nitrogens with zero attached hydrogens (tertiary/aromatic N) is 4. The number of methoxy groups -OCH3 is 1. The van der Waals surface area contributed by atoms with Crippen molar-refractivity contribution in [2.75, 3.05) is 33.4 Å². The summed E-state index contributed by atoms with van der Waals surface area (Å²) in [6.07, 6.45) is 2.80. The zero-order valence-corrected chi connectivity index (χ0v) is 18.1. The number of benzene rings is 1. The van der Waals surface area contributed by atoms with Gasteiger partial charge >= 0.3 is 0 Å².